The van der Waals surface area contributed by atoms with E-state index in [0.717, 1.165) is 25.3 Å². The zero-order valence-electron chi connectivity index (χ0n) is 8.55. The largest absolute Gasteiger partial charge is 0.312 e. The Kier molecular flexibility index (Phi) is 2.85. The van der Waals surface area contributed by atoms with Crippen LogP contribution in [0.1, 0.15) is 11.3 Å². The summed E-state index contributed by atoms with van der Waals surface area (Å²) in [5.41, 5.74) is 4.88. The molecule has 0 atom stereocenters. The van der Waals surface area contributed by atoms with E-state index in [4.69, 9.17) is 18.1 Å². The monoisotopic (exact) mass is 227 g/mol. The minimum Gasteiger partial charge on any atom is -0.312 e. The lowest BCUT2D eigenvalue weighted by atomic mass is 10.1. The molecule has 0 aromatic carbocycles. The number of fused-ring (bicyclic) bond motifs is 1. The summed E-state index contributed by atoms with van der Waals surface area (Å²) >= 11 is 4.97. The highest BCUT2D eigenvalue weighted by molar-refractivity contribution is 7.80. The van der Waals surface area contributed by atoms with Gasteiger partial charge in [-0.2, -0.15) is 4.68 Å². The summed E-state index contributed by atoms with van der Waals surface area (Å²) in [4.78, 5) is 0. The minimum atomic E-state index is 0.415. The topological polar surface area (TPSA) is 81.8 Å². The first-order chi connectivity index (χ1) is 7.22. The lowest BCUT2D eigenvalue weighted by molar-refractivity contribution is -0.713. The molecule has 1 aromatic heterocycles. The highest BCUT2D eigenvalue weighted by atomic mass is 32.1. The second-order valence-corrected chi connectivity index (χ2v) is 3.91. The molecule has 0 amide bonds. The number of thiocarbonyl (C=S) groups is 1. The Morgan fingerprint density at radius 2 is 2.40 bits per heavy atom. The van der Waals surface area contributed by atoms with Crippen molar-refractivity contribution in [1.29, 1.82) is 0 Å². The summed E-state index contributed by atoms with van der Waals surface area (Å²) < 4.78 is 1.92. The average Bonchev–Trinajstić information content (AvgIpc) is 2.55. The lowest BCUT2D eigenvalue weighted by Crippen LogP contribution is -2.40. The van der Waals surface area contributed by atoms with Crippen LogP contribution < -0.4 is 26.6 Å². The third-order valence-electron chi connectivity index (χ3n) is 2.50. The lowest BCUT2D eigenvalue weighted by Gasteiger charge is -2.10. The number of hydrazine groups is 1. The number of aromatic nitrogens is 2. The van der Waals surface area contributed by atoms with Gasteiger partial charge in [-0.3, -0.25) is 5.43 Å². The van der Waals surface area contributed by atoms with Crippen molar-refractivity contribution in [3.63, 3.8) is 0 Å². The molecule has 0 unspecified atom stereocenters. The molecule has 0 bridgehead atoms. The van der Waals surface area contributed by atoms with Crippen LogP contribution >= 0.6 is 12.2 Å². The standard InChI is InChI=1S/C8H14N6S/c1-14-7(11-8(15)12-9)5-4-10-3-2-6(5)13-14/h10H,2-4,9H2,1H3,(H2,11,12,13,15)/p+1. The van der Waals surface area contributed by atoms with Crippen molar-refractivity contribution < 1.29 is 4.68 Å². The number of nitrogens with two attached hydrogens (primary N) is 1. The number of aryl methyl sites for hydroxylation is 1. The van der Waals surface area contributed by atoms with Crippen LogP contribution in [-0.4, -0.2) is 16.8 Å². The highest BCUT2D eigenvalue weighted by Gasteiger charge is 2.24. The van der Waals surface area contributed by atoms with E-state index in [1.807, 2.05) is 11.7 Å². The molecule has 0 aliphatic carbocycles. The summed E-state index contributed by atoms with van der Waals surface area (Å²) in [7, 11) is 1.94. The predicted octanol–water partition coefficient (Wildman–Crippen LogP) is -1.35. The second-order valence-electron chi connectivity index (χ2n) is 3.50. The van der Waals surface area contributed by atoms with Crippen LogP contribution in [0.3, 0.4) is 0 Å². The molecule has 1 aromatic rings. The molecule has 0 saturated carbocycles. The summed E-state index contributed by atoms with van der Waals surface area (Å²) in [6, 6.07) is 0. The zero-order chi connectivity index (χ0) is 10.8. The maximum absolute atomic E-state index is 5.23. The van der Waals surface area contributed by atoms with Gasteiger partial charge >= 0.3 is 5.82 Å². The molecule has 0 radical (unpaired) electrons. The Morgan fingerprint density at radius 1 is 1.60 bits per heavy atom. The van der Waals surface area contributed by atoms with E-state index in [-0.39, 0.29) is 0 Å². The molecule has 1 aliphatic rings. The van der Waals surface area contributed by atoms with E-state index in [0.29, 0.717) is 5.11 Å². The van der Waals surface area contributed by atoms with E-state index >= 15 is 0 Å². The molecule has 0 spiro atoms. The second kappa shape index (κ2) is 4.13. The molecule has 6 N–H and O–H groups in total. The van der Waals surface area contributed by atoms with E-state index in [9.17, 15) is 0 Å². The minimum absolute atomic E-state index is 0.415. The predicted molar refractivity (Wildman–Crippen MR) is 60.9 cm³/mol. The van der Waals surface area contributed by atoms with Gasteiger partial charge in [-0.15, -0.1) is 0 Å². The van der Waals surface area contributed by atoms with Gasteiger partial charge in [-0.1, -0.05) is 0 Å². The number of hydrogen-bond donors (Lipinski definition) is 5. The van der Waals surface area contributed by atoms with Crippen LogP contribution in [-0.2, 0) is 20.0 Å². The maximum Gasteiger partial charge on any atom is 0.306 e. The molecule has 0 fully saturated rings. The highest BCUT2D eigenvalue weighted by Crippen LogP contribution is 2.17. The summed E-state index contributed by atoms with van der Waals surface area (Å²) in [6.45, 7) is 1.86. The van der Waals surface area contributed by atoms with E-state index in [1.165, 1.54) is 11.3 Å². The number of nitrogens with one attached hydrogen (secondary N) is 4. The van der Waals surface area contributed by atoms with Crippen molar-refractivity contribution in [3.8, 4) is 0 Å². The van der Waals surface area contributed by atoms with E-state index in [2.05, 4.69) is 21.2 Å². The quantitative estimate of drug-likeness (QED) is 0.177. The number of aromatic amines is 1. The van der Waals surface area contributed by atoms with Crippen molar-refractivity contribution in [2.24, 2.45) is 12.9 Å². The van der Waals surface area contributed by atoms with Crippen LogP contribution in [0.25, 0.3) is 0 Å². The summed E-state index contributed by atoms with van der Waals surface area (Å²) in [5, 5.41) is 10.1. The van der Waals surface area contributed by atoms with Crippen LogP contribution in [0.15, 0.2) is 0 Å². The molecule has 7 heteroatoms. The van der Waals surface area contributed by atoms with Gasteiger partial charge in [0.05, 0.1) is 11.3 Å². The van der Waals surface area contributed by atoms with Gasteiger partial charge in [-0.05, 0) is 12.2 Å². The van der Waals surface area contributed by atoms with Gasteiger partial charge in [0.2, 0.25) is 0 Å². The van der Waals surface area contributed by atoms with Crippen molar-refractivity contribution in [3.05, 3.63) is 11.3 Å². The van der Waals surface area contributed by atoms with Gasteiger partial charge < -0.3 is 5.32 Å². The average molecular weight is 227 g/mol. The SMILES string of the molecule is C[n+]1[nH]c2c(c1NC(=S)NN)CNCC2. The van der Waals surface area contributed by atoms with Crippen LogP contribution in [0.5, 0.6) is 0 Å². The van der Waals surface area contributed by atoms with Crippen molar-refractivity contribution >= 4 is 23.1 Å². The fourth-order valence-corrected chi connectivity index (χ4v) is 1.89. The molecule has 2 rings (SSSR count). The fraction of sp³-hybridized carbons (Fsp3) is 0.500. The Morgan fingerprint density at radius 3 is 3.13 bits per heavy atom. The van der Waals surface area contributed by atoms with Gasteiger partial charge in [-0.25, -0.2) is 16.3 Å². The first kappa shape index (κ1) is 10.3. The molecule has 6 nitrogen and oxygen atoms in total. The van der Waals surface area contributed by atoms with Crippen LogP contribution in [0.4, 0.5) is 5.82 Å². The molecule has 15 heavy (non-hydrogen) atoms. The first-order valence-corrected chi connectivity index (χ1v) is 5.21. The molecular formula is C8H15N6S+. The Hall–Kier alpha value is -1.18. The number of anilines is 1. The first-order valence-electron chi connectivity index (χ1n) is 4.80. The van der Waals surface area contributed by atoms with Gasteiger partial charge in [0.1, 0.15) is 7.05 Å². The summed E-state index contributed by atoms with van der Waals surface area (Å²) in [6.07, 6.45) is 1.01. The summed E-state index contributed by atoms with van der Waals surface area (Å²) in [5.74, 6) is 6.18. The number of rotatable bonds is 1. The van der Waals surface area contributed by atoms with Crippen LogP contribution in [0.2, 0.25) is 0 Å². The molecular weight excluding hydrogens is 212 g/mol. The molecule has 1 aliphatic heterocycles. The van der Waals surface area contributed by atoms with Gasteiger partial charge in [0.25, 0.3) is 5.11 Å². The van der Waals surface area contributed by atoms with E-state index in [1.54, 1.807) is 0 Å². The van der Waals surface area contributed by atoms with Crippen molar-refractivity contribution in [2.75, 3.05) is 11.9 Å². The normalized spacial score (nSPS) is 14.5. The Bertz CT molecular complexity index is 385. The number of nitrogens with zero attached hydrogens (tertiary/aromatic N) is 1. The third kappa shape index (κ3) is 1.94. The molecule has 82 valence electrons. The van der Waals surface area contributed by atoms with Crippen molar-refractivity contribution in [1.82, 2.24) is 15.8 Å². The smallest absolute Gasteiger partial charge is 0.306 e. The van der Waals surface area contributed by atoms with Crippen molar-refractivity contribution in [2.45, 2.75) is 13.0 Å². The Balaban J connectivity index is 2.29. The van der Waals surface area contributed by atoms with Gasteiger partial charge in [0, 0.05) is 19.5 Å². The maximum atomic E-state index is 5.23. The van der Waals surface area contributed by atoms with E-state index < -0.39 is 0 Å². The molecule has 0 saturated heterocycles. The fourth-order valence-electron chi connectivity index (χ4n) is 1.80. The van der Waals surface area contributed by atoms with Crippen LogP contribution in [0, 0.1) is 0 Å². The van der Waals surface area contributed by atoms with Gasteiger partial charge in [0.15, 0.2) is 0 Å². The Labute approximate surface area is 93.2 Å². The zero-order valence-corrected chi connectivity index (χ0v) is 9.37. The number of H-pyrrole nitrogens is 1. The number of hydrogen-bond acceptors (Lipinski definition) is 3. The molecule has 2 heterocycles. The third-order valence-corrected chi connectivity index (χ3v) is 2.72.